The van der Waals surface area contributed by atoms with E-state index in [4.69, 9.17) is 22.2 Å². The second-order valence-electron chi connectivity index (χ2n) is 8.14. The Morgan fingerprint density at radius 2 is 2.06 bits per heavy atom. The number of carbonyl (C=O) groups is 2. The molecule has 9 nitrogen and oxygen atoms in total. The molecule has 1 unspecified atom stereocenters. The molecule has 0 saturated carbocycles. The Balaban J connectivity index is 1.25. The first-order chi connectivity index (χ1) is 17.5. The molecule has 0 bridgehead atoms. The number of nitrogens with two attached hydrogens (primary N) is 1. The van der Waals surface area contributed by atoms with Crippen LogP contribution in [0.15, 0.2) is 77.2 Å². The minimum Gasteiger partial charge on any atom is -0.390 e. The fraction of sp³-hybridized carbons (Fsp3) is 0.208. The lowest BCUT2D eigenvalue weighted by atomic mass is 10.1. The number of aromatic nitrogens is 2. The number of β-lactam (4-membered cyclic amide) rings is 1. The van der Waals surface area contributed by atoms with Crippen LogP contribution in [0.25, 0.3) is 0 Å². The molecule has 1 aromatic carbocycles. The van der Waals surface area contributed by atoms with Crippen LogP contribution < -0.4 is 15.6 Å². The molecule has 2 amide bonds. The topological polar surface area (TPSA) is 114 Å². The van der Waals surface area contributed by atoms with Crippen LogP contribution in [0.5, 0.6) is 0 Å². The molecule has 4 heterocycles. The third kappa shape index (κ3) is 5.38. The lowest BCUT2D eigenvalue weighted by Crippen LogP contribution is -2.69. The van der Waals surface area contributed by atoms with Crippen molar-refractivity contribution in [2.24, 2.45) is 5.16 Å². The van der Waals surface area contributed by atoms with E-state index in [0.29, 0.717) is 16.7 Å². The van der Waals surface area contributed by atoms with Gasteiger partial charge >= 0.3 is 0 Å². The van der Waals surface area contributed by atoms with Crippen LogP contribution in [0, 0.1) is 0 Å². The number of rotatable bonds is 8. The van der Waals surface area contributed by atoms with E-state index in [1.54, 1.807) is 46.3 Å². The largest absolute Gasteiger partial charge is 0.390 e. The highest BCUT2D eigenvalue weighted by molar-refractivity contribution is 8.00. The Bertz CT molecular complexity index is 1330. The molecule has 184 valence electrons. The second-order valence-corrected chi connectivity index (χ2v) is 10.6. The summed E-state index contributed by atoms with van der Waals surface area (Å²) in [5.74, 6) is 0.0381. The van der Waals surface area contributed by atoms with E-state index < -0.39 is 11.9 Å². The number of halogens is 1. The molecular formula is C24H22ClN6O3S2+. The highest BCUT2D eigenvalue weighted by Gasteiger charge is 2.50. The predicted octanol–water partition coefficient (Wildman–Crippen LogP) is 2.57. The summed E-state index contributed by atoms with van der Waals surface area (Å²) in [6.45, 7) is 0.837. The van der Waals surface area contributed by atoms with Crippen molar-refractivity contribution in [3.05, 3.63) is 88.3 Å². The molecular weight excluding hydrogens is 520 g/mol. The summed E-state index contributed by atoms with van der Waals surface area (Å²) in [7, 11) is 0. The highest BCUT2D eigenvalue weighted by Crippen LogP contribution is 2.36. The lowest BCUT2D eigenvalue weighted by molar-refractivity contribution is -0.689. The molecule has 1 saturated heterocycles. The number of nitrogen functional groups attached to an aromatic ring is 1. The van der Waals surface area contributed by atoms with Crippen LogP contribution >= 0.6 is 34.7 Å². The number of hydrogen-bond acceptors (Lipinski definition) is 8. The van der Waals surface area contributed by atoms with Crippen LogP contribution in [-0.4, -0.2) is 44.6 Å². The maximum absolute atomic E-state index is 13.2. The van der Waals surface area contributed by atoms with Crippen molar-refractivity contribution in [1.82, 2.24) is 15.2 Å². The zero-order valence-corrected chi connectivity index (χ0v) is 21.3. The molecule has 3 aromatic rings. The van der Waals surface area contributed by atoms with Gasteiger partial charge in [-0.25, -0.2) is 9.55 Å². The van der Waals surface area contributed by atoms with Crippen LogP contribution in [0.2, 0.25) is 5.02 Å². The zero-order chi connectivity index (χ0) is 25.1. The van der Waals surface area contributed by atoms with Gasteiger partial charge in [0.1, 0.15) is 23.7 Å². The number of anilines is 1. The van der Waals surface area contributed by atoms with Crippen molar-refractivity contribution >= 4 is 57.4 Å². The van der Waals surface area contributed by atoms with Crippen LogP contribution in [0.1, 0.15) is 11.3 Å². The zero-order valence-electron chi connectivity index (χ0n) is 18.9. The van der Waals surface area contributed by atoms with Crippen LogP contribution in [0.4, 0.5) is 5.13 Å². The van der Waals surface area contributed by atoms with Gasteiger partial charge < -0.3 is 20.8 Å². The summed E-state index contributed by atoms with van der Waals surface area (Å²) in [4.78, 5) is 37.3. The maximum atomic E-state index is 13.2. The molecule has 2 aliphatic heterocycles. The van der Waals surface area contributed by atoms with Gasteiger partial charge in [-0.05, 0) is 17.7 Å². The van der Waals surface area contributed by atoms with E-state index in [1.807, 2.05) is 36.8 Å². The van der Waals surface area contributed by atoms with Crippen molar-refractivity contribution in [2.75, 3.05) is 11.5 Å². The Morgan fingerprint density at radius 3 is 2.78 bits per heavy atom. The van der Waals surface area contributed by atoms with E-state index in [1.165, 1.54) is 11.3 Å². The minimum atomic E-state index is -0.665. The van der Waals surface area contributed by atoms with Crippen LogP contribution in [-0.2, 0) is 27.6 Å². The molecule has 0 spiro atoms. The molecule has 3 N–H and O–H groups in total. The van der Waals surface area contributed by atoms with Crippen molar-refractivity contribution in [3.8, 4) is 0 Å². The number of oxime groups is 1. The quantitative estimate of drug-likeness (QED) is 0.196. The minimum absolute atomic E-state index is 0.0410. The maximum Gasteiger partial charge on any atom is 0.276 e. The lowest BCUT2D eigenvalue weighted by Gasteiger charge is -2.47. The smallest absolute Gasteiger partial charge is 0.276 e. The Kier molecular flexibility index (Phi) is 7.21. The first-order valence-corrected chi connectivity index (χ1v) is 13.3. The standard InChI is InChI=1S/C24H21ClN6O3S2/c25-17-6-4-15(5-7-17)12-34-29-19(18-14-36-24(26)27-18)21(32)28-20-22(33)31-11-16(13-35-23(20)31)10-30-8-2-1-3-9-30/h1-9,11,14,20,23H,10,12-13H2,(H2-,26,27,28,32)/p+1/b29-19+/t20?,23-/m1/s1. The first-order valence-electron chi connectivity index (χ1n) is 11.0. The van der Waals surface area contributed by atoms with E-state index in [2.05, 4.69) is 20.0 Å². The molecule has 36 heavy (non-hydrogen) atoms. The van der Waals surface area contributed by atoms with Crippen molar-refractivity contribution in [2.45, 2.75) is 24.6 Å². The average molecular weight is 542 g/mol. The molecule has 0 radical (unpaired) electrons. The van der Waals surface area contributed by atoms with Gasteiger partial charge in [0.15, 0.2) is 29.8 Å². The van der Waals surface area contributed by atoms with Crippen molar-refractivity contribution in [1.29, 1.82) is 0 Å². The summed E-state index contributed by atoms with van der Waals surface area (Å²) in [5.41, 5.74) is 7.97. The summed E-state index contributed by atoms with van der Waals surface area (Å²) in [6.07, 6.45) is 5.86. The summed E-state index contributed by atoms with van der Waals surface area (Å²) in [6, 6.07) is 12.3. The number of amides is 2. The van der Waals surface area contributed by atoms with Gasteiger partial charge in [0.2, 0.25) is 0 Å². The highest BCUT2D eigenvalue weighted by atomic mass is 35.5. The van der Waals surface area contributed by atoms with Gasteiger partial charge in [-0.15, -0.1) is 23.1 Å². The van der Waals surface area contributed by atoms with E-state index in [9.17, 15) is 9.59 Å². The van der Waals surface area contributed by atoms with Gasteiger partial charge in [0.25, 0.3) is 11.8 Å². The van der Waals surface area contributed by atoms with Gasteiger partial charge in [-0.2, -0.15) is 0 Å². The van der Waals surface area contributed by atoms with Gasteiger partial charge in [0.05, 0.1) is 0 Å². The third-order valence-corrected chi connectivity index (χ3v) is 7.87. The molecule has 2 aromatic heterocycles. The Hall–Kier alpha value is -3.41. The normalized spacial score (nSPS) is 19.2. The SMILES string of the molecule is Nc1nc(/C(=N\OCc2ccc(Cl)cc2)C(=O)NC2C(=O)N3C=C(C[n+]4ccccc4)CS[C@H]23)cs1. The predicted molar refractivity (Wildman–Crippen MR) is 139 cm³/mol. The van der Waals surface area contributed by atoms with Gasteiger partial charge in [0, 0.05) is 40.1 Å². The molecule has 2 atom stereocenters. The number of benzene rings is 1. The molecule has 0 aliphatic carbocycles. The number of pyridine rings is 1. The first kappa shape index (κ1) is 24.3. The summed E-state index contributed by atoms with van der Waals surface area (Å²) in [5, 5.41) is 9.20. The Morgan fingerprint density at radius 1 is 1.28 bits per heavy atom. The number of thioether (sulfide) groups is 1. The number of hydrogen-bond donors (Lipinski definition) is 2. The third-order valence-electron chi connectivity index (χ3n) is 5.57. The summed E-state index contributed by atoms with van der Waals surface area (Å²) >= 11 is 8.72. The fourth-order valence-corrected chi connectivity index (χ4v) is 5.71. The summed E-state index contributed by atoms with van der Waals surface area (Å²) < 4.78 is 2.06. The number of nitrogens with zero attached hydrogens (tertiary/aromatic N) is 4. The van der Waals surface area contributed by atoms with Crippen LogP contribution in [0.3, 0.4) is 0 Å². The fourth-order valence-electron chi connectivity index (χ4n) is 3.78. The van der Waals surface area contributed by atoms with Crippen molar-refractivity contribution < 1.29 is 19.0 Å². The van der Waals surface area contributed by atoms with E-state index >= 15 is 0 Å². The average Bonchev–Trinajstić information content (AvgIpc) is 3.32. The van der Waals surface area contributed by atoms with E-state index in [0.717, 1.165) is 16.9 Å². The monoisotopic (exact) mass is 541 g/mol. The number of nitrogens with one attached hydrogen (secondary N) is 1. The number of carbonyl (C=O) groups excluding carboxylic acids is 2. The van der Waals surface area contributed by atoms with Gasteiger partial charge in [-0.3, -0.25) is 9.59 Å². The Labute approximate surface area is 220 Å². The number of thiazole rings is 1. The van der Waals surface area contributed by atoms with E-state index in [-0.39, 0.29) is 29.3 Å². The molecule has 12 heteroatoms. The van der Waals surface area contributed by atoms with Gasteiger partial charge in [-0.1, -0.05) is 35.0 Å². The second kappa shape index (κ2) is 10.7. The number of fused-ring (bicyclic) bond motifs is 1. The molecule has 5 rings (SSSR count). The molecule has 1 fully saturated rings. The van der Waals surface area contributed by atoms with Crippen molar-refractivity contribution in [3.63, 3.8) is 0 Å². The molecule has 2 aliphatic rings.